The zero-order valence-electron chi connectivity index (χ0n) is 13.5. The molecule has 1 aromatic carbocycles. The minimum atomic E-state index is -0.188. The molecule has 1 aromatic heterocycles. The Hall–Kier alpha value is -1.95. The van der Waals surface area contributed by atoms with Crippen molar-refractivity contribution in [2.75, 3.05) is 25.4 Å². The highest BCUT2D eigenvalue weighted by Crippen LogP contribution is 2.24. The molecule has 0 atom stereocenters. The molecule has 1 fully saturated rings. The molecular weight excluding hydrogens is 310 g/mol. The zero-order chi connectivity index (χ0) is 16.2. The zero-order valence-corrected chi connectivity index (χ0v) is 14.3. The largest absolute Gasteiger partial charge is 0.448 e. The predicted octanol–water partition coefficient (Wildman–Crippen LogP) is 3.42. The van der Waals surface area contributed by atoms with Crippen molar-refractivity contribution in [3.8, 4) is 5.69 Å². The summed E-state index contributed by atoms with van der Waals surface area (Å²) in [6.07, 6.45) is 4.58. The van der Waals surface area contributed by atoms with E-state index in [4.69, 9.17) is 4.74 Å². The van der Waals surface area contributed by atoms with Gasteiger partial charge in [-0.3, -0.25) is 4.57 Å². The van der Waals surface area contributed by atoms with Crippen LogP contribution in [0.15, 0.2) is 35.7 Å². The SMILES string of the molecule is Cc1cccc(-n2ccnc2SCCCN2CCOC2=O)c1C. The van der Waals surface area contributed by atoms with Crippen LogP contribution >= 0.6 is 11.8 Å². The molecule has 2 aromatic rings. The average Bonchev–Trinajstić information content (AvgIpc) is 3.16. The number of carbonyl (C=O) groups excluding carboxylic acids is 1. The number of benzene rings is 1. The van der Waals surface area contributed by atoms with Gasteiger partial charge in [0, 0.05) is 24.7 Å². The highest BCUT2D eigenvalue weighted by Gasteiger charge is 2.20. The Bertz CT molecular complexity index is 699. The molecule has 122 valence electrons. The van der Waals surface area contributed by atoms with Crippen LogP contribution in [0.25, 0.3) is 5.69 Å². The maximum absolute atomic E-state index is 11.4. The van der Waals surface area contributed by atoms with Gasteiger partial charge in [0.15, 0.2) is 5.16 Å². The molecular formula is C17H21N3O2S. The molecule has 6 heteroatoms. The summed E-state index contributed by atoms with van der Waals surface area (Å²) in [6.45, 7) is 6.23. The smallest absolute Gasteiger partial charge is 0.409 e. The Balaban J connectivity index is 1.60. The number of imidazole rings is 1. The van der Waals surface area contributed by atoms with Gasteiger partial charge >= 0.3 is 6.09 Å². The van der Waals surface area contributed by atoms with Gasteiger partial charge in [-0.2, -0.15) is 0 Å². The number of hydrogen-bond donors (Lipinski definition) is 0. The van der Waals surface area contributed by atoms with E-state index in [0.29, 0.717) is 13.2 Å². The van der Waals surface area contributed by atoms with E-state index in [9.17, 15) is 4.79 Å². The number of ether oxygens (including phenoxy) is 1. The van der Waals surface area contributed by atoms with Gasteiger partial charge in [0.1, 0.15) is 6.61 Å². The fourth-order valence-electron chi connectivity index (χ4n) is 2.62. The standard InChI is InChI=1S/C17H21N3O2S/c1-13-5-3-6-15(14(13)2)20-9-7-18-16(20)23-12-4-8-19-10-11-22-17(19)21/h3,5-7,9H,4,8,10-12H2,1-2H3. The third-order valence-electron chi connectivity index (χ3n) is 4.09. The van der Waals surface area contributed by atoms with Crippen molar-refractivity contribution < 1.29 is 9.53 Å². The Morgan fingerprint density at radius 1 is 1.35 bits per heavy atom. The number of amides is 1. The molecule has 1 saturated heterocycles. The molecule has 1 amide bonds. The molecule has 5 nitrogen and oxygen atoms in total. The van der Waals surface area contributed by atoms with E-state index >= 15 is 0 Å². The Morgan fingerprint density at radius 2 is 2.22 bits per heavy atom. The first-order valence-electron chi connectivity index (χ1n) is 7.81. The third kappa shape index (κ3) is 3.52. The van der Waals surface area contributed by atoms with Crippen molar-refractivity contribution in [1.29, 1.82) is 0 Å². The predicted molar refractivity (Wildman–Crippen MR) is 91.3 cm³/mol. The normalized spacial score (nSPS) is 14.3. The van der Waals surface area contributed by atoms with E-state index in [-0.39, 0.29) is 6.09 Å². The Kier molecular flexibility index (Phi) is 4.91. The number of aromatic nitrogens is 2. The van der Waals surface area contributed by atoms with E-state index in [1.807, 2.05) is 12.4 Å². The van der Waals surface area contributed by atoms with Gasteiger partial charge in [0.2, 0.25) is 0 Å². The van der Waals surface area contributed by atoms with Crippen LogP contribution < -0.4 is 0 Å². The van der Waals surface area contributed by atoms with Crippen molar-refractivity contribution in [2.24, 2.45) is 0 Å². The van der Waals surface area contributed by atoms with E-state index < -0.39 is 0 Å². The fraction of sp³-hybridized carbons (Fsp3) is 0.412. The maximum atomic E-state index is 11.4. The molecule has 0 bridgehead atoms. The second-order valence-electron chi connectivity index (χ2n) is 5.60. The summed E-state index contributed by atoms with van der Waals surface area (Å²) in [7, 11) is 0. The minimum absolute atomic E-state index is 0.188. The van der Waals surface area contributed by atoms with E-state index in [1.165, 1.54) is 16.8 Å². The van der Waals surface area contributed by atoms with E-state index in [2.05, 4.69) is 41.6 Å². The number of carbonyl (C=O) groups is 1. The lowest BCUT2D eigenvalue weighted by molar-refractivity contribution is 0.158. The summed E-state index contributed by atoms with van der Waals surface area (Å²) in [6, 6.07) is 6.32. The Morgan fingerprint density at radius 3 is 3.00 bits per heavy atom. The fourth-order valence-corrected chi connectivity index (χ4v) is 3.51. The van der Waals surface area contributed by atoms with Crippen LogP contribution in [-0.2, 0) is 4.74 Å². The van der Waals surface area contributed by atoms with Crippen LogP contribution in [0.1, 0.15) is 17.5 Å². The number of aryl methyl sites for hydroxylation is 1. The first-order chi connectivity index (χ1) is 11.2. The van der Waals surface area contributed by atoms with Crippen LogP contribution in [0.5, 0.6) is 0 Å². The summed E-state index contributed by atoms with van der Waals surface area (Å²) in [5, 5.41) is 0.989. The van der Waals surface area contributed by atoms with Crippen LogP contribution in [0.3, 0.4) is 0 Å². The summed E-state index contributed by atoms with van der Waals surface area (Å²) < 4.78 is 7.07. The van der Waals surface area contributed by atoms with Gasteiger partial charge in [-0.15, -0.1) is 0 Å². The first kappa shape index (κ1) is 15.9. The lowest BCUT2D eigenvalue weighted by Gasteiger charge is -2.13. The molecule has 0 unspecified atom stereocenters. The second-order valence-corrected chi connectivity index (χ2v) is 6.66. The number of rotatable bonds is 6. The first-order valence-corrected chi connectivity index (χ1v) is 8.80. The van der Waals surface area contributed by atoms with Gasteiger partial charge in [0.05, 0.1) is 12.2 Å². The molecule has 1 aliphatic heterocycles. The molecule has 1 aliphatic rings. The monoisotopic (exact) mass is 331 g/mol. The quantitative estimate of drug-likeness (QED) is 0.601. The highest BCUT2D eigenvalue weighted by atomic mass is 32.2. The maximum Gasteiger partial charge on any atom is 0.409 e. The average molecular weight is 331 g/mol. The number of hydrogen-bond acceptors (Lipinski definition) is 4. The molecule has 2 heterocycles. The van der Waals surface area contributed by atoms with Crippen molar-refractivity contribution in [3.63, 3.8) is 0 Å². The molecule has 0 N–H and O–H groups in total. The molecule has 0 spiro atoms. The molecule has 0 radical (unpaired) electrons. The third-order valence-corrected chi connectivity index (χ3v) is 5.14. The van der Waals surface area contributed by atoms with Crippen LogP contribution in [0.4, 0.5) is 4.79 Å². The number of thioether (sulfide) groups is 1. The second kappa shape index (κ2) is 7.08. The summed E-state index contributed by atoms with van der Waals surface area (Å²) in [5.41, 5.74) is 3.72. The molecule has 23 heavy (non-hydrogen) atoms. The van der Waals surface area contributed by atoms with Gasteiger partial charge < -0.3 is 9.64 Å². The summed E-state index contributed by atoms with van der Waals surface area (Å²) >= 11 is 1.72. The van der Waals surface area contributed by atoms with E-state index in [1.54, 1.807) is 16.7 Å². The molecule has 0 saturated carbocycles. The summed E-state index contributed by atoms with van der Waals surface area (Å²) in [4.78, 5) is 17.6. The van der Waals surface area contributed by atoms with Gasteiger partial charge in [-0.05, 0) is 37.5 Å². The van der Waals surface area contributed by atoms with Gasteiger partial charge in [-0.1, -0.05) is 23.9 Å². The minimum Gasteiger partial charge on any atom is -0.448 e. The van der Waals surface area contributed by atoms with Crippen molar-refractivity contribution in [3.05, 3.63) is 41.7 Å². The lowest BCUT2D eigenvalue weighted by atomic mass is 10.1. The summed E-state index contributed by atoms with van der Waals surface area (Å²) in [5.74, 6) is 0.922. The van der Waals surface area contributed by atoms with Crippen LogP contribution in [0.2, 0.25) is 0 Å². The number of nitrogens with zero attached hydrogens (tertiary/aromatic N) is 3. The van der Waals surface area contributed by atoms with Crippen LogP contribution in [-0.4, -0.2) is 46.0 Å². The molecule has 0 aliphatic carbocycles. The lowest BCUT2D eigenvalue weighted by Crippen LogP contribution is -2.25. The van der Waals surface area contributed by atoms with Gasteiger partial charge in [0.25, 0.3) is 0 Å². The topological polar surface area (TPSA) is 47.4 Å². The highest BCUT2D eigenvalue weighted by molar-refractivity contribution is 7.99. The number of cyclic esters (lactones) is 1. The Labute approximate surface area is 140 Å². The van der Waals surface area contributed by atoms with E-state index in [0.717, 1.165) is 23.9 Å². The van der Waals surface area contributed by atoms with Crippen molar-refractivity contribution in [2.45, 2.75) is 25.4 Å². The van der Waals surface area contributed by atoms with Crippen LogP contribution in [0, 0.1) is 13.8 Å². The van der Waals surface area contributed by atoms with Gasteiger partial charge in [-0.25, -0.2) is 9.78 Å². The van der Waals surface area contributed by atoms with Crippen molar-refractivity contribution in [1.82, 2.24) is 14.5 Å². The van der Waals surface area contributed by atoms with Crippen molar-refractivity contribution >= 4 is 17.9 Å². The molecule has 3 rings (SSSR count).